The van der Waals surface area contributed by atoms with E-state index in [-0.39, 0.29) is 5.02 Å². The van der Waals surface area contributed by atoms with Gasteiger partial charge in [0.15, 0.2) is 11.6 Å². The Bertz CT molecular complexity index is 604. The van der Waals surface area contributed by atoms with Gasteiger partial charge in [0, 0.05) is 15.5 Å². The van der Waals surface area contributed by atoms with Crippen LogP contribution in [-0.2, 0) is 6.42 Å². The van der Waals surface area contributed by atoms with E-state index in [0.29, 0.717) is 12.0 Å². The first-order valence-electron chi connectivity index (χ1n) is 5.62. The molecule has 5 heteroatoms. The second-order valence-corrected chi connectivity index (χ2v) is 5.55. The van der Waals surface area contributed by atoms with Crippen molar-refractivity contribution in [2.24, 2.45) is 5.73 Å². The van der Waals surface area contributed by atoms with Gasteiger partial charge >= 0.3 is 0 Å². The van der Waals surface area contributed by atoms with Gasteiger partial charge in [0.1, 0.15) is 0 Å². The Morgan fingerprint density at radius 1 is 1.16 bits per heavy atom. The first kappa shape index (κ1) is 14.4. The average Bonchev–Trinajstić information content (AvgIpc) is 2.33. The molecule has 0 fully saturated rings. The third-order valence-corrected chi connectivity index (χ3v) is 3.60. The van der Waals surface area contributed by atoms with Crippen LogP contribution in [0.1, 0.15) is 17.2 Å². The van der Waals surface area contributed by atoms with Gasteiger partial charge in [-0.2, -0.15) is 0 Å². The maximum absolute atomic E-state index is 13.2. The Kier molecular flexibility index (Phi) is 4.55. The molecule has 2 aromatic carbocycles. The standard InChI is InChI=1S/C14H11BrClF2N/c15-9-3-1-2-8(4-9)5-14(19)10-6-12(17)13(18)7-11(10)16/h1-4,6-7,14H,5,19H2. The summed E-state index contributed by atoms with van der Waals surface area (Å²) in [5.41, 5.74) is 7.40. The lowest BCUT2D eigenvalue weighted by molar-refractivity contribution is 0.505. The van der Waals surface area contributed by atoms with Crippen molar-refractivity contribution in [2.75, 3.05) is 0 Å². The highest BCUT2D eigenvalue weighted by atomic mass is 79.9. The van der Waals surface area contributed by atoms with Crippen molar-refractivity contribution in [3.63, 3.8) is 0 Å². The molecule has 0 aliphatic carbocycles. The lowest BCUT2D eigenvalue weighted by Crippen LogP contribution is -2.14. The van der Waals surface area contributed by atoms with Gasteiger partial charge in [-0.3, -0.25) is 0 Å². The fourth-order valence-electron chi connectivity index (χ4n) is 1.85. The van der Waals surface area contributed by atoms with E-state index in [2.05, 4.69) is 15.9 Å². The minimum atomic E-state index is -0.969. The van der Waals surface area contributed by atoms with Crippen molar-refractivity contribution >= 4 is 27.5 Å². The van der Waals surface area contributed by atoms with Gasteiger partial charge in [-0.1, -0.05) is 39.7 Å². The quantitative estimate of drug-likeness (QED) is 0.806. The van der Waals surface area contributed by atoms with E-state index < -0.39 is 17.7 Å². The predicted molar refractivity (Wildman–Crippen MR) is 76.1 cm³/mol. The summed E-state index contributed by atoms with van der Waals surface area (Å²) < 4.78 is 27.2. The van der Waals surface area contributed by atoms with Crippen LogP contribution in [-0.4, -0.2) is 0 Å². The molecule has 0 aliphatic heterocycles. The van der Waals surface area contributed by atoms with Crippen LogP contribution >= 0.6 is 27.5 Å². The van der Waals surface area contributed by atoms with Gasteiger partial charge in [0.05, 0.1) is 0 Å². The maximum Gasteiger partial charge on any atom is 0.160 e. The summed E-state index contributed by atoms with van der Waals surface area (Å²) in [5, 5.41) is 0.140. The zero-order valence-corrected chi connectivity index (χ0v) is 12.2. The van der Waals surface area contributed by atoms with E-state index in [9.17, 15) is 8.78 Å². The molecular weight excluding hydrogens is 336 g/mol. The number of hydrogen-bond acceptors (Lipinski definition) is 1. The molecule has 1 nitrogen and oxygen atoms in total. The van der Waals surface area contributed by atoms with Crippen LogP contribution in [0.15, 0.2) is 40.9 Å². The number of rotatable bonds is 3. The minimum absolute atomic E-state index is 0.140. The molecule has 1 atom stereocenters. The van der Waals surface area contributed by atoms with Crippen LogP contribution in [0.25, 0.3) is 0 Å². The monoisotopic (exact) mass is 345 g/mol. The average molecular weight is 347 g/mol. The van der Waals surface area contributed by atoms with Gasteiger partial charge in [0.25, 0.3) is 0 Å². The molecule has 0 aromatic heterocycles. The highest BCUT2D eigenvalue weighted by Gasteiger charge is 2.15. The van der Waals surface area contributed by atoms with Crippen LogP contribution in [0, 0.1) is 11.6 Å². The highest BCUT2D eigenvalue weighted by molar-refractivity contribution is 9.10. The Labute approximate surface area is 123 Å². The zero-order valence-electron chi connectivity index (χ0n) is 9.84. The molecule has 0 bridgehead atoms. The number of benzene rings is 2. The van der Waals surface area contributed by atoms with Gasteiger partial charge in [0.2, 0.25) is 0 Å². The molecule has 0 saturated heterocycles. The summed E-state index contributed by atoms with van der Waals surface area (Å²) in [6.45, 7) is 0. The first-order chi connectivity index (χ1) is 8.97. The molecule has 0 saturated carbocycles. The van der Waals surface area contributed by atoms with Crippen LogP contribution in [0.3, 0.4) is 0 Å². The number of nitrogens with two attached hydrogens (primary N) is 1. The molecule has 0 aliphatic rings. The van der Waals surface area contributed by atoms with E-state index in [1.807, 2.05) is 24.3 Å². The Hall–Kier alpha value is -0.970. The van der Waals surface area contributed by atoms with Gasteiger partial charge in [-0.25, -0.2) is 8.78 Å². The normalized spacial score (nSPS) is 12.5. The first-order valence-corrected chi connectivity index (χ1v) is 6.79. The summed E-state index contributed by atoms with van der Waals surface area (Å²) in [7, 11) is 0. The van der Waals surface area contributed by atoms with Gasteiger partial charge in [-0.05, 0) is 41.8 Å². The lowest BCUT2D eigenvalue weighted by Gasteiger charge is -2.14. The zero-order chi connectivity index (χ0) is 14.0. The predicted octanol–water partition coefficient (Wildman–Crippen LogP) is 4.62. The maximum atomic E-state index is 13.2. The summed E-state index contributed by atoms with van der Waals surface area (Å²) >= 11 is 9.27. The lowest BCUT2D eigenvalue weighted by atomic mass is 9.99. The van der Waals surface area contributed by atoms with Crippen LogP contribution < -0.4 is 5.73 Å². The molecule has 0 heterocycles. The van der Waals surface area contributed by atoms with Crippen molar-refractivity contribution in [3.05, 3.63) is 68.7 Å². The van der Waals surface area contributed by atoms with Crippen molar-refractivity contribution in [2.45, 2.75) is 12.5 Å². The molecule has 0 spiro atoms. The van der Waals surface area contributed by atoms with Crippen molar-refractivity contribution in [1.82, 2.24) is 0 Å². The number of hydrogen-bond donors (Lipinski definition) is 1. The number of halogens is 4. The van der Waals surface area contributed by atoms with E-state index in [0.717, 1.165) is 22.2 Å². The van der Waals surface area contributed by atoms with Crippen LogP contribution in [0.4, 0.5) is 8.78 Å². The van der Waals surface area contributed by atoms with Crippen molar-refractivity contribution < 1.29 is 8.78 Å². The molecule has 1 unspecified atom stereocenters. The van der Waals surface area contributed by atoms with E-state index in [4.69, 9.17) is 17.3 Å². The Morgan fingerprint density at radius 2 is 1.84 bits per heavy atom. The van der Waals surface area contributed by atoms with Gasteiger partial charge in [-0.15, -0.1) is 0 Å². The van der Waals surface area contributed by atoms with Crippen LogP contribution in [0.2, 0.25) is 5.02 Å². The van der Waals surface area contributed by atoms with Gasteiger partial charge < -0.3 is 5.73 Å². The summed E-state index contributed by atoms with van der Waals surface area (Å²) in [5.74, 6) is -1.91. The highest BCUT2D eigenvalue weighted by Crippen LogP contribution is 2.27. The van der Waals surface area contributed by atoms with Crippen molar-refractivity contribution in [1.29, 1.82) is 0 Å². The van der Waals surface area contributed by atoms with E-state index in [1.54, 1.807) is 0 Å². The molecule has 0 amide bonds. The minimum Gasteiger partial charge on any atom is -0.324 e. The molecule has 2 rings (SSSR count). The molecular formula is C14H11BrClF2N. The molecule has 2 N–H and O–H groups in total. The fourth-order valence-corrected chi connectivity index (χ4v) is 2.59. The van der Waals surface area contributed by atoms with E-state index >= 15 is 0 Å². The molecule has 0 radical (unpaired) electrons. The SMILES string of the molecule is NC(Cc1cccc(Br)c1)c1cc(F)c(F)cc1Cl. The topological polar surface area (TPSA) is 26.0 Å². The molecule has 19 heavy (non-hydrogen) atoms. The molecule has 100 valence electrons. The molecule has 2 aromatic rings. The Balaban J connectivity index is 2.25. The largest absolute Gasteiger partial charge is 0.324 e. The van der Waals surface area contributed by atoms with E-state index in [1.165, 1.54) is 0 Å². The Morgan fingerprint density at radius 3 is 2.53 bits per heavy atom. The second kappa shape index (κ2) is 5.99. The third-order valence-electron chi connectivity index (χ3n) is 2.78. The third kappa shape index (κ3) is 3.53. The van der Waals surface area contributed by atoms with Crippen molar-refractivity contribution in [3.8, 4) is 0 Å². The second-order valence-electron chi connectivity index (χ2n) is 4.23. The fraction of sp³-hybridized carbons (Fsp3) is 0.143. The smallest absolute Gasteiger partial charge is 0.160 e. The summed E-state index contributed by atoms with van der Waals surface area (Å²) in [4.78, 5) is 0. The van der Waals surface area contributed by atoms with Crippen LogP contribution in [0.5, 0.6) is 0 Å². The summed E-state index contributed by atoms with van der Waals surface area (Å²) in [6.07, 6.45) is 0.490. The summed E-state index contributed by atoms with van der Waals surface area (Å²) in [6, 6.07) is 9.15.